The van der Waals surface area contributed by atoms with Crippen LogP contribution in [0.25, 0.3) is 105 Å². The monoisotopic (exact) mass is 767 g/mol. The second-order valence-electron chi connectivity index (χ2n) is 16.5. The molecule has 0 aliphatic heterocycles. The lowest BCUT2D eigenvalue weighted by Crippen LogP contribution is -1.94. The van der Waals surface area contributed by atoms with Crippen LogP contribution in [-0.4, -0.2) is 13.7 Å². The Morgan fingerprint density at radius 3 is 0.783 bits per heavy atom. The molecule has 0 bridgehead atoms. The number of fused-ring (bicyclic) bond motifs is 9. The van der Waals surface area contributed by atoms with Crippen molar-refractivity contribution >= 4 is 65.4 Å². The lowest BCUT2D eigenvalue weighted by Gasteiger charge is -2.10. The highest BCUT2D eigenvalue weighted by Crippen LogP contribution is 2.41. The van der Waals surface area contributed by atoms with Gasteiger partial charge in [0.05, 0.1) is 33.1 Å². The summed E-state index contributed by atoms with van der Waals surface area (Å²) in [7, 11) is 0. The number of nitrogens with zero attached hydrogens (tertiary/aromatic N) is 3. The van der Waals surface area contributed by atoms with Gasteiger partial charge in [-0.2, -0.15) is 0 Å². The molecule has 0 radical (unpaired) electrons. The molecular weight excluding hydrogens is 727 g/mol. The summed E-state index contributed by atoms with van der Waals surface area (Å²) in [6.07, 6.45) is 0. The second-order valence-corrected chi connectivity index (χ2v) is 16.5. The molecule has 3 aromatic heterocycles. The second kappa shape index (κ2) is 13.2. The molecule has 0 N–H and O–H groups in total. The van der Waals surface area contributed by atoms with Crippen molar-refractivity contribution in [2.24, 2.45) is 0 Å². The third-order valence-electron chi connectivity index (χ3n) is 12.7. The molecule has 284 valence electrons. The normalized spacial score (nSPS) is 11.9. The average molecular weight is 768 g/mol. The summed E-state index contributed by atoms with van der Waals surface area (Å²) >= 11 is 0. The van der Waals surface area contributed by atoms with Crippen LogP contribution in [0, 0.1) is 20.8 Å². The quantitative estimate of drug-likeness (QED) is 0.166. The first kappa shape index (κ1) is 34.4. The number of aryl methyl sites for hydroxylation is 3. The molecule has 0 aliphatic rings. The van der Waals surface area contributed by atoms with E-state index in [4.69, 9.17) is 0 Å². The smallest absolute Gasteiger partial charge is 0.0541 e. The molecule has 3 heterocycles. The van der Waals surface area contributed by atoms with Gasteiger partial charge < -0.3 is 13.7 Å². The van der Waals surface area contributed by atoms with Gasteiger partial charge in [-0.3, -0.25) is 0 Å². The summed E-state index contributed by atoms with van der Waals surface area (Å²) in [6.45, 7) is 6.44. The molecule has 0 atom stereocenters. The van der Waals surface area contributed by atoms with Crippen LogP contribution in [0.15, 0.2) is 194 Å². The van der Waals surface area contributed by atoms with Crippen LogP contribution in [0.2, 0.25) is 0 Å². The predicted molar refractivity (Wildman–Crippen MR) is 255 cm³/mol. The zero-order valence-corrected chi connectivity index (χ0v) is 33.8. The van der Waals surface area contributed by atoms with Crippen molar-refractivity contribution in [1.29, 1.82) is 0 Å². The van der Waals surface area contributed by atoms with E-state index < -0.39 is 0 Å². The summed E-state index contributed by atoms with van der Waals surface area (Å²) in [5, 5.41) is 7.51. The number of benzene rings is 9. The van der Waals surface area contributed by atoms with Gasteiger partial charge in [-0.05, 0) is 140 Å². The summed E-state index contributed by atoms with van der Waals surface area (Å²) in [5.74, 6) is 0. The van der Waals surface area contributed by atoms with E-state index in [1.165, 1.54) is 116 Å². The first-order valence-electron chi connectivity index (χ1n) is 20.8. The van der Waals surface area contributed by atoms with E-state index >= 15 is 0 Å². The third-order valence-corrected chi connectivity index (χ3v) is 12.7. The minimum Gasteiger partial charge on any atom is -0.309 e. The molecule has 9 aromatic carbocycles. The lowest BCUT2D eigenvalue weighted by molar-refractivity contribution is 1.17. The van der Waals surface area contributed by atoms with Crippen molar-refractivity contribution in [2.45, 2.75) is 20.8 Å². The lowest BCUT2D eigenvalue weighted by atomic mass is 9.98. The van der Waals surface area contributed by atoms with E-state index in [0.29, 0.717) is 0 Å². The Morgan fingerprint density at radius 2 is 0.483 bits per heavy atom. The fourth-order valence-electron chi connectivity index (χ4n) is 9.60. The van der Waals surface area contributed by atoms with Gasteiger partial charge in [0.15, 0.2) is 0 Å². The largest absolute Gasteiger partial charge is 0.309 e. The molecule has 60 heavy (non-hydrogen) atoms. The molecule has 0 fully saturated rings. The summed E-state index contributed by atoms with van der Waals surface area (Å²) < 4.78 is 7.21. The highest BCUT2D eigenvalue weighted by Gasteiger charge is 2.18. The van der Waals surface area contributed by atoms with Crippen molar-refractivity contribution in [1.82, 2.24) is 13.7 Å². The number of para-hydroxylation sites is 2. The number of rotatable bonds is 5. The van der Waals surface area contributed by atoms with Crippen LogP contribution >= 0.6 is 0 Å². The van der Waals surface area contributed by atoms with Crippen LogP contribution in [0.1, 0.15) is 16.7 Å². The standard InChI is InChI=1S/C57H41N3/c1-36-12-22-43(23-13-36)58-52-10-6-4-8-46(52)48-32-39(18-28-54(48)58)41-20-30-56-50(34-41)51-35-42(21-31-57(51)60(56)45-26-16-38(3)17-27-45)40-19-29-55-49(33-40)47-9-5-7-11-53(47)59(55)44-24-14-37(2)15-25-44/h4-35H,1-3H3. The third kappa shape index (κ3) is 5.29. The zero-order valence-electron chi connectivity index (χ0n) is 33.8. The Hall–Kier alpha value is -7.62. The maximum Gasteiger partial charge on any atom is 0.0541 e. The van der Waals surface area contributed by atoms with Crippen molar-refractivity contribution in [3.05, 3.63) is 211 Å². The van der Waals surface area contributed by atoms with Crippen LogP contribution in [-0.2, 0) is 0 Å². The van der Waals surface area contributed by atoms with E-state index in [9.17, 15) is 0 Å². The number of aromatic nitrogens is 3. The summed E-state index contributed by atoms with van der Waals surface area (Å²) in [6, 6.07) is 72.1. The van der Waals surface area contributed by atoms with Gasteiger partial charge in [-0.15, -0.1) is 0 Å². The first-order valence-corrected chi connectivity index (χ1v) is 20.8. The molecule has 12 rings (SSSR count). The Bertz CT molecular complexity index is 3430. The molecule has 3 nitrogen and oxygen atoms in total. The van der Waals surface area contributed by atoms with Gasteiger partial charge >= 0.3 is 0 Å². The topological polar surface area (TPSA) is 14.8 Å². The molecule has 0 amide bonds. The highest BCUT2D eigenvalue weighted by molar-refractivity contribution is 6.14. The zero-order chi connectivity index (χ0) is 40.1. The van der Waals surface area contributed by atoms with E-state index in [0.717, 1.165) is 5.69 Å². The van der Waals surface area contributed by atoms with Crippen molar-refractivity contribution < 1.29 is 0 Å². The van der Waals surface area contributed by atoms with E-state index in [1.54, 1.807) is 0 Å². The minimum absolute atomic E-state index is 1.16. The van der Waals surface area contributed by atoms with Gasteiger partial charge in [-0.1, -0.05) is 114 Å². The van der Waals surface area contributed by atoms with E-state index in [2.05, 4.69) is 229 Å². The maximum absolute atomic E-state index is 2.43. The van der Waals surface area contributed by atoms with E-state index in [1.807, 2.05) is 0 Å². The summed E-state index contributed by atoms with van der Waals surface area (Å²) in [4.78, 5) is 0. The molecule has 3 heteroatoms. The van der Waals surface area contributed by atoms with Gasteiger partial charge in [-0.25, -0.2) is 0 Å². The van der Waals surface area contributed by atoms with Crippen LogP contribution in [0.5, 0.6) is 0 Å². The van der Waals surface area contributed by atoms with Gasteiger partial charge in [0.2, 0.25) is 0 Å². The fraction of sp³-hybridized carbons (Fsp3) is 0.0526. The molecule has 12 aromatic rings. The maximum atomic E-state index is 2.43. The summed E-state index contributed by atoms with van der Waals surface area (Å²) in [5.41, 5.74) is 19.4. The van der Waals surface area contributed by atoms with Crippen LogP contribution in [0.4, 0.5) is 0 Å². The molecule has 0 aliphatic carbocycles. The molecule has 0 saturated heterocycles. The van der Waals surface area contributed by atoms with E-state index in [-0.39, 0.29) is 0 Å². The predicted octanol–water partition coefficient (Wildman–Crippen LogP) is 15.2. The minimum atomic E-state index is 1.16. The molecule has 0 unspecified atom stereocenters. The Morgan fingerprint density at radius 1 is 0.233 bits per heavy atom. The highest BCUT2D eigenvalue weighted by atomic mass is 15.0. The van der Waals surface area contributed by atoms with Crippen LogP contribution in [0.3, 0.4) is 0 Å². The SMILES string of the molecule is Cc1ccc(-n2c3ccccc3c3cc(-c4ccc5c(c4)c4cc(-c6ccc7c(c6)c6ccccc6n7-c6ccc(C)cc6)ccc4n5-c4ccc(C)cc4)ccc32)cc1. The van der Waals surface area contributed by atoms with Crippen LogP contribution < -0.4 is 0 Å². The van der Waals surface area contributed by atoms with Crippen molar-refractivity contribution in [2.75, 3.05) is 0 Å². The Labute approximate surface area is 348 Å². The Kier molecular flexibility index (Phi) is 7.58. The average Bonchev–Trinajstić information content (AvgIpc) is 3.92. The van der Waals surface area contributed by atoms with Crippen molar-refractivity contribution in [3.8, 4) is 39.3 Å². The molecular formula is C57H41N3. The Balaban J connectivity index is 1.04. The number of hydrogen-bond acceptors (Lipinski definition) is 0. The molecule has 0 spiro atoms. The van der Waals surface area contributed by atoms with Gasteiger partial charge in [0.25, 0.3) is 0 Å². The molecule has 0 saturated carbocycles. The fourth-order valence-corrected chi connectivity index (χ4v) is 9.60. The van der Waals surface area contributed by atoms with Gasteiger partial charge in [0.1, 0.15) is 0 Å². The number of hydrogen-bond donors (Lipinski definition) is 0. The first-order chi connectivity index (χ1) is 29.5. The van der Waals surface area contributed by atoms with Gasteiger partial charge in [0, 0.05) is 49.4 Å². The van der Waals surface area contributed by atoms with Crippen molar-refractivity contribution in [3.63, 3.8) is 0 Å².